The van der Waals surface area contributed by atoms with Crippen LogP contribution in [-0.2, 0) is 20.9 Å². The van der Waals surface area contributed by atoms with Gasteiger partial charge in [-0.1, -0.05) is 104 Å². The molecule has 2 aliphatic heterocycles. The van der Waals surface area contributed by atoms with E-state index in [9.17, 15) is 10.2 Å². The minimum absolute atomic E-state index is 0.0329. The van der Waals surface area contributed by atoms with Crippen LogP contribution in [0.25, 0.3) is 11.1 Å². The number of fused-ring (bicyclic) bond motifs is 3. The number of oxime groups is 1. The van der Waals surface area contributed by atoms with Gasteiger partial charge in [-0.2, -0.15) is 0 Å². The first kappa shape index (κ1) is 46.5. The summed E-state index contributed by atoms with van der Waals surface area (Å²) in [5.74, 6) is 2.18. The van der Waals surface area contributed by atoms with E-state index in [0.717, 1.165) is 78.5 Å². The Hall–Kier alpha value is -5.62. The van der Waals surface area contributed by atoms with Crippen molar-refractivity contribution in [3.8, 4) is 39.9 Å². The van der Waals surface area contributed by atoms with Gasteiger partial charge in [-0.15, -0.1) is 6.58 Å². The third kappa shape index (κ3) is 10.0. The van der Waals surface area contributed by atoms with Crippen molar-refractivity contribution in [2.24, 2.45) is 28.8 Å². The molecule has 2 heterocycles. The molecule has 9 rings (SSSR count). The number of amides is 1. The minimum atomic E-state index is -1.37. The highest BCUT2D eigenvalue weighted by atomic mass is 16.7. The zero-order chi connectivity index (χ0) is 46.2. The van der Waals surface area contributed by atoms with E-state index in [1.807, 2.05) is 65.6 Å². The lowest BCUT2D eigenvalue weighted by molar-refractivity contribution is -0.258. The third-order valence-electron chi connectivity index (χ3n) is 14.8. The molecule has 67 heavy (non-hydrogen) atoms. The lowest BCUT2D eigenvalue weighted by atomic mass is 9.55. The van der Waals surface area contributed by atoms with Gasteiger partial charge in [0.25, 0.3) is 0 Å². The number of unbranched alkanes of at least 4 members (excludes halogenated alkanes) is 2. The van der Waals surface area contributed by atoms with Crippen LogP contribution < -0.4 is 18.9 Å². The topological polar surface area (TPSA) is 129 Å². The SMILES string of the molecule is C=CCOC12Oc3ccc(Oc4ccc(-c5ccccc5)cc4)cc3C3C(CCCCO)C(CCCCO)C=C(C(=NOC)CC1N(Cc1ccc4c(c1)OCO4)C(=O)CCC1CCCC1)C32. The summed E-state index contributed by atoms with van der Waals surface area (Å²) in [6.07, 6.45) is 15.1. The lowest BCUT2D eigenvalue weighted by Gasteiger charge is -2.60. The molecule has 0 radical (unpaired) electrons. The number of carbonyl (C=O) groups excluding carboxylic acids is 1. The summed E-state index contributed by atoms with van der Waals surface area (Å²) in [4.78, 5) is 22.9. The molecular formula is C56H66N2O9. The molecule has 11 heteroatoms. The Morgan fingerprint density at radius 1 is 0.851 bits per heavy atom. The van der Waals surface area contributed by atoms with Crippen LogP contribution in [0.2, 0.25) is 0 Å². The highest BCUT2D eigenvalue weighted by molar-refractivity contribution is 6.03. The van der Waals surface area contributed by atoms with Crippen LogP contribution in [0.3, 0.4) is 0 Å². The van der Waals surface area contributed by atoms with Crippen molar-refractivity contribution in [1.29, 1.82) is 0 Å². The quantitative estimate of drug-likeness (QED) is 0.0477. The second-order valence-corrected chi connectivity index (χ2v) is 18.8. The molecule has 1 amide bonds. The van der Waals surface area contributed by atoms with Gasteiger partial charge in [0.05, 0.1) is 18.2 Å². The van der Waals surface area contributed by atoms with Gasteiger partial charge in [0.2, 0.25) is 18.5 Å². The average Bonchev–Trinajstić information content (AvgIpc) is 4.07. The van der Waals surface area contributed by atoms with Crippen LogP contribution in [0, 0.1) is 23.7 Å². The summed E-state index contributed by atoms with van der Waals surface area (Å²) in [6.45, 7) is 4.96. The standard InChI is InChI=1S/C56H66N2O9/c1-3-31-65-56-52(58(53(61)28-20-38-13-7-8-14-38)36-39-19-26-50-51(32-39)64-37-63-50)35-48(57-62-2)46-33-42(17-9-11-29-59)45(18-10-12-30-60)54(55(46)56)47-34-44(25-27-49(47)67-56)66-43-23-21-41(22-24-43)40-15-5-4-6-16-40/h3-6,15-16,19,21-27,32-34,38,42,45,52,54-55,59-60H,1,7-14,17-18,20,28-31,35-37H2,2H3. The zero-order valence-corrected chi connectivity index (χ0v) is 38.9. The molecule has 2 N–H and O–H groups in total. The molecule has 0 saturated heterocycles. The first-order valence-electron chi connectivity index (χ1n) is 24.6. The van der Waals surface area contributed by atoms with Crippen LogP contribution in [0.5, 0.6) is 28.7 Å². The predicted molar refractivity (Wildman–Crippen MR) is 258 cm³/mol. The number of aliphatic hydroxyl groups excluding tert-OH is 2. The van der Waals surface area contributed by atoms with Crippen LogP contribution in [-0.4, -0.2) is 72.3 Å². The molecule has 0 spiro atoms. The van der Waals surface area contributed by atoms with Crippen LogP contribution in [0.4, 0.5) is 0 Å². The summed E-state index contributed by atoms with van der Waals surface area (Å²) in [7, 11) is 1.58. The number of carbonyl (C=O) groups is 1. The summed E-state index contributed by atoms with van der Waals surface area (Å²) in [5.41, 5.74) is 5.90. The third-order valence-corrected chi connectivity index (χ3v) is 14.8. The monoisotopic (exact) mass is 910 g/mol. The Morgan fingerprint density at radius 3 is 2.34 bits per heavy atom. The van der Waals surface area contributed by atoms with Crippen molar-refractivity contribution in [3.63, 3.8) is 0 Å². The van der Waals surface area contributed by atoms with Crippen molar-refractivity contribution < 1.29 is 43.5 Å². The Kier molecular flexibility index (Phi) is 15.0. The van der Waals surface area contributed by atoms with Gasteiger partial charge in [0, 0.05) is 44.1 Å². The van der Waals surface area contributed by atoms with E-state index in [1.54, 1.807) is 13.2 Å². The second-order valence-electron chi connectivity index (χ2n) is 18.8. The van der Waals surface area contributed by atoms with Gasteiger partial charge in [-0.25, -0.2) is 0 Å². The van der Waals surface area contributed by atoms with Gasteiger partial charge in [0.1, 0.15) is 30.4 Å². The van der Waals surface area contributed by atoms with E-state index >= 15 is 4.79 Å². The Balaban J connectivity index is 1.18. The average molecular weight is 911 g/mol. The molecule has 5 aliphatic rings. The molecule has 11 nitrogen and oxygen atoms in total. The Morgan fingerprint density at radius 2 is 1.58 bits per heavy atom. The molecule has 0 bridgehead atoms. The zero-order valence-electron chi connectivity index (χ0n) is 38.9. The maximum Gasteiger partial charge on any atom is 0.239 e. The number of nitrogens with zero attached hydrogens (tertiary/aromatic N) is 2. The lowest BCUT2D eigenvalue weighted by Crippen LogP contribution is -2.70. The van der Waals surface area contributed by atoms with Crippen LogP contribution in [0.1, 0.15) is 101 Å². The number of allylic oxidation sites excluding steroid dienone is 1. The normalized spacial score (nSPS) is 24.3. The fourth-order valence-electron chi connectivity index (χ4n) is 11.7. The Labute approximate surface area is 395 Å². The fraction of sp³-hybridized carbons (Fsp3) is 0.464. The minimum Gasteiger partial charge on any atom is -0.459 e. The van der Waals surface area contributed by atoms with Crippen molar-refractivity contribution in [3.05, 3.63) is 126 Å². The Bertz CT molecular complexity index is 2380. The second kappa shape index (κ2) is 21.6. The van der Waals surface area contributed by atoms with E-state index in [0.29, 0.717) is 60.3 Å². The number of ether oxygens (including phenoxy) is 5. The van der Waals surface area contributed by atoms with Gasteiger partial charge >= 0.3 is 0 Å². The van der Waals surface area contributed by atoms with E-state index < -0.39 is 17.7 Å². The molecule has 6 unspecified atom stereocenters. The first-order valence-corrected chi connectivity index (χ1v) is 24.6. The highest BCUT2D eigenvalue weighted by Crippen LogP contribution is 2.62. The molecule has 4 aromatic rings. The number of aliphatic hydroxyl groups is 2. The van der Waals surface area contributed by atoms with Gasteiger partial charge < -0.3 is 43.6 Å². The smallest absolute Gasteiger partial charge is 0.239 e. The molecule has 3 aliphatic carbocycles. The van der Waals surface area contributed by atoms with Gasteiger partial charge in [-0.05, 0) is 115 Å². The molecule has 354 valence electrons. The first-order chi connectivity index (χ1) is 32.9. The van der Waals surface area contributed by atoms with Crippen molar-refractivity contribution in [2.45, 2.75) is 108 Å². The number of hydrogen-bond donors (Lipinski definition) is 2. The van der Waals surface area contributed by atoms with E-state index in [-0.39, 0.29) is 56.8 Å². The molecular weight excluding hydrogens is 845 g/mol. The number of benzene rings is 4. The summed E-state index contributed by atoms with van der Waals surface area (Å²) < 4.78 is 33.0. The number of hydrogen-bond acceptors (Lipinski definition) is 10. The molecule has 4 aromatic carbocycles. The molecule has 6 atom stereocenters. The maximum atomic E-state index is 15.2. The van der Waals surface area contributed by atoms with E-state index in [2.05, 4.69) is 43.0 Å². The summed E-state index contributed by atoms with van der Waals surface area (Å²) >= 11 is 0. The van der Waals surface area contributed by atoms with Crippen molar-refractivity contribution in [1.82, 2.24) is 4.90 Å². The summed E-state index contributed by atoms with van der Waals surface area (Å²) in [5, 5.41) is 24.8. The van der Waals surface area contributed by atoms with Crippen LogP contribution in [0.15, 0.2) is 120 Å². The fourth-order valence-corrected chi connectivity index (χ4v) is 11.7. The molecule has 0 aromatic heterocycles. The van der Waals surface area contributed by atoms with Crippen molar-refractivity contribution >= 4 is 11.6 Å². The molecule has 2 saturated carbocycles. The largest absolute Gasteiger partial charge is 0.459 e. The maximum absolute atomic E-state index is 15.2. The van der Waals surface area contributed by atoms with Gasteiger partial charge in [-0.3, -0.25) is 4.79 Å². The molecule has 2 fully saturated rings. The summed E-state index contributed by atoms with van der Waals surface area (Å²) in [6, 6.07) is 29.8. The van der Waals surface area contributed by atoms with E-state index in [1.165, 1.54) is 12.8 Å². The number of rotatable bonds is 21. The van der Waals surface area contributed by atoms with E-state index in [4.69, 9.17) is 33.7 Å². The highest BCUT2D eigenvalue weighted by Gasteiger charge is 2.65. The van der Waals surface area contributed by atoms with Gasteiger partial charge in [0.15, 0.2) is 11.5 Å². The van der Waals surface area contributed by atoms with Crippen molar-refractivity contribution in [2.75, 3.05) is 33.7 Å². The van der Waals surface area contributed by atoms with Crippen LogP contribution >= 0.6 is 0 Å². The predicted octanol–water partition coefficient (Wildman–Crippen LogP) is 11.1.